The Hall–Kier alpha value is -3.75. The number of hydrogen-bond acceptors (Lipinski definition) is 0. The minimum absolute atomic E-state index is 0. The Bertz CT molecular complexity index is 1640. The number of hydrogen-bond donors (Lipinski definition) is 0. The van der Waals surface area contributed by atoms with E-state index in [9.17, 15) is 5.53 Å². The Morgan fingerprint density at radius 2 is 0.811 bits per heavy atom. The van der Waals surface area contributed by atoms with E-state index in [0.717, 1.165) is 153 Å². The third-order valence-electron chi connectivity index (χ3n) is 8.51. The molecule has 0 spiro atoms. The van der Waals surface area contributed by atoms with Crippen molar-refractivity contribution in [1.29, 1.82) is 0 Å². The van der Waals surface area contributed by atoms with Crippen molar-refractivity contribution in [3.63, 3.8) is 0 Å². The fraction of sp³-hybridized carbons (Fsp3) is 0.480. The van der Waals surface area contributed by atoms with E-state index in [-0.39, 0.29) is 16.5 Å². The molecule has 3 rings (SSSR count). The van der Waals surface area contributed by atoms with Crippen molar-refractivity contribution in [2.75, 3.05) is 0 Å². The van der Waals surface area contributed by atoms with Gasteiger partial charge in [-0.2, -0.15) is 13.8 Å². The van der Waals surface area contributed by atoms with Gasteiger partial charge in [-0.15, -0.1) is 0 Å². The molecule has 2 aromatic carbocycles. The molecule has 0 radical (unpaired) electrons. The summed E-state index contributed by atoms with van der Waals surface area (Å²) >= 11 is 0. The van der Waals surface area contributed by atoms with Gasteiger partial charge in [0.2, 0.25) is 11.4 Å². The fourth-order valence-electron chi connectivity index (χ4n) is 5.75. The van der Waals surface area contributed by atoms with Crippen LogP contribution in [0.25, 0.3) is 16.9 Å². The van der Waals surface area contributed by atoms with Crippen molar-refractivity contribution >= 4 is 11.4 Å². The molecule has 0 N–H and O–H groups in total. The minimum Gasteiger partial charge on any atom is -0.493 e. The van der Waals surface area contributed by atoms with Crippen molar-refractivity contribution in [1.82, 2.24) is 0 Å². The van der Waals surface area contributed by atoms with Crippen molar-refractivity contribution < 1.29 is 21.2 Å². The SMILES string of the molecule is CCCCC#Cc1cc(C#CCCCC)cc(C2=C(C)C(CCCCC)=C(c3cc(C#CCCCC)cc(C#CCCCC)c3)[N+]2=[N-])c1.[CH2-]C.[CH2-]C.[Ni+2]. The number of benzene rings is 2. The Balaban J connectivity index is 0.00000522. The predicted molar refractivity (Wildman–Crippen MR) is 228 cm³/mol. The summed E-state index contributed by atoms with van der Waals surface area (Å²) in [7, 11) is 0. The minimum atomic E-state index is 0. The maximum absolute atomic E-state index is 12.2. The summed E-state index contributed by atoms with van der Waals surface area (Å²) in [5.74, 6) is 27.1. The summed E-state index contributed by atoms with van der Waals surface area (Å²) < 4.78 is 1.42. The molecule has 1 heterocycles. The second-order valence-electron chi connectivity index (χ2n) is 12.8. The second kappa shape index (κ2) is 30.7. The van der Waals surface area contributed by atoms with Crippen LogP contribution < -0.4 is 0 Å². The molecule has 0 aromatic heterocycles. The number of allylic oxidation sites excluding steroid dienone is 2. The van der Waals surface area contributed by atoms with E-state index in [1.807, 2.05) is 0 Å². The number of rotatable bonds is 14. The van der Waals surface area contributed by atoms with Gasteiger partial charge in [-0.1, -0.05) is 121 Å². The van der Waals surface area contributed by atoms with E-state index >= 15 is 0 Å². The molecule has 0 amide bonds. The van der Waals surface area contributed by atoms with E-state index in [2.05, 4.69) is 139 Å². The van der Waals surface area contributed by atoms with Crippen LogP contribution in [-0.4, -0.2) is 4.70 Å². The monoisotopic (exact) mass is 752 g/mol. The molecule has 1 aliphatic heterocycles. The Kier molecular flexibility index (Phi) is 28.5. The van der Waals surface area contributed by atoms with Crippen LogP contribution in [0.15, 0.2) is 47.5 Å². The standard InChI is InChI=1S/C46H56N2.2C2H5.Ni/c1-7-12-17-22-26-38-31-39(27-23-18-13-8-2)34-42(33-38)45-37(6)44(30-21-16-11-5)46(48(45)47)43-35-40(28-24-19-14-9-3)32-41(36-43)29-25-20-15-10-4;2*1-2;/h31-36H,7-21,30H2,1-6H3;2*1H2,2H3;/q;2*-1;+2. The summed E-state index contributed by atoms with van der Waals surface area (Å²) in [5.41, 5.74) is 21.7. The van der Waals surface area contributed by atoms with Crippen LogP contribution in [-0.2, 0) is 16.5 Å². The van der Waals surface area contributed by atoms with E-state index in [1.54, 1.807) is 13.8 Å². The van der Waals surface area contributed by atoms with Crippen LogP contribution >= 0.6 is 0 Å². The van der Waals surface area contributed by atoms with Crippen LogP contribution in [0.2, 0.25) is 0 Å². The molecule has 3 heteroatoms. The molecule has 0 bridgehead atoms. The third-order valence-corrected chi connectivity index (χ3v) is 8.51. The van der Waals surface area contributed by atoms with Gasteiger partial charge in [0.15, 0.2) is 0 Å². The zero-order valence-electron chi connectivity index (χ0n) is 34.4. The largest absolute Gasteiger partial charge is 2.00 e. The summed E-state index contributed by atoms with van der Waals surface area (Å²) in [6, 6.07) is 12.7. The molecule has 2 aromatic rings. The third kappa shape index (κ3) is 17.3. The summed E-state index contributed by atoms with van der Waals surface area (Å²) in [6.45, 7) is 23.2. The molecule has 286 valence electrons. The van der Waals surface area contributed by atoms with Crippen molar-refractivity contribution in [3.8, 4) is 47.4 Å². The predicted octanol–water partition coefficient (Wildman–Crippen LogP) is 14.3. The smallest absolute Gasteiger partial charge is 0.493 e. The Morgan fingerprint density at radius 3 is 1.13 bits per heavy atom. The molecule has 0 atom stereocenters. The van der Waals surface area contributed by atoms with Crippen LogP contribution in [0.1, 0.15) is 192 Å². The van der Waals surface area contributed by atoms with Crippen LogP contribution in [0, 0.1) is 61.2 Å². The molecule has 0 saturated heterocycles. The first-order valence-corrected chi connectivity index (χ1v) is 20.1. The topological polar surface area (TPSA) is 25.3 Å². The normalized spacial score (nSPS) is 11.2. The van der Waals surface area contributed by atoms with Gasteiger partial charge in [-0.25, -0.2) is 4.70 Å². The van der Waals surface area contributed by atoms with Crippen LogP contribution in [0.5, 0.6) is 0 Å². The van der Waals surface area contributed by atoms with Gasteiger partial charge in [0.25, 0.3) is 0 Å². The first kappa shape index (κ1) is 49.3. The molecular formula is C50H66N2Ni. The molecule has 2 nitrogen and oxygen atoms in total. The Labute approximate surface area is 336 Å². The molecular weight excluding hydrogens is 687 g/mol. The number of nitrogens with zero attached hydrogens (tertiary/aromatic N) is 2. The van der Waals surface area contributed by atoms with Gasteiger partial charge in [-0.3, -0.25) is 0 Å². The molecule has 0 aliphatic carbocycles. The molecule has 0 saturated carbocycles. The van der Waals surface area contributed by atoms with E-state index in [4.69, 9.17) is 0 Å². The zero-order valence-corrected chi connectivity index (χ0v) is 35.4. The molecule has 1 aliphatic rings. The van der Waals surface area contributed by atoms with E-state index < -0.39 is 0 Å². The first-order valence-electron chi connectivity index (χ1n) is 20.1. The maximum atomic E-state index is 12.2. The fourth-order valence-corrected chi connectivity index (χ4v) is 5.75. The van der Waals surface area contributed by atoms with Crippen molar-refractivity contribution in [3.05, 3.63) is 100 Å². The molecule has 53 heavy (non-hydrogen) atoms. The summed E-state index contributed by atoms with van der Waals surface area (Å²) in [4.78, 5) is 0. The van der Waals surface area contributed by atoms with Gasteiger partial charge in [-0.05, 0) is 81.8 Å². The molecule has 0 unspecified atom stereocenters. The van der Waals surface area contributed by atoms with Crippen LogP contribution in [0.3, 0.4) is 0 Å². The average Bonchev–Trinajstić information content (AvgIpc) is 3.42. The molecule has 0 fully saturated rings. The number of unbranched alkanes of at least 4 members (excludes halogenated alkanes) is 10. The van der Waals surface area contributed by atoms with E-state index in [1.165, 1.54) is 10.3 Å². The second-order valence-corrected chi connectivity index (χ2v) is 12.8. The van der Waals surface area contributed by atoms with Gasteiger partial charge in [0.1, 0.15) is 0 Å². The Morgan fingerprint density at radius 1 is 0.491 bits per heavy atom. The maximum Gasteiger partial charge on any atom is 2.00 e. The van der Waals surface area contributed by atoms with E-state index in [0.29, 0.717) is 0 Å². The van der Waals surface area contributed by atoms with Crippen molar-refractivity contribution in [2.24, 2.45) is 0 Å². The summed E-state index contributed by atoms with van der Waals surface area (Å²) in [6.07, 6.45) is 16.6. The first-order chi connectivity index (χ1) is 25.5. The summed E-state index contributed by atoms with van der Waals surface area (Å²) in [5, 5.41) is 0. The zero-order chi connectivity index (χ0) is 38.6. The van der Waals surface area contributed by atoms with Crippen LogP contribution in [0.4, 0.5) is 0 Å². The van der Waals surface area contributed by atoms with Gasteiger partial charge < -0.3 is 19.4 Å². The van der Waals surface area contributed by atoms with Gasteiger partial charge >= 0.3 is 16.5 Å². The van der Waals surface area contributed by atoms with Gasteiger partial charge in [0, 0.05) is 70.2 Å². The quantitative estimate of drug-likeness (QED) is 0.0604. The van der Waals surface area contributed by atoms with Crippen molar-refractivity contribution in [2.45, 2.75) is 158 Å². The van der Waals surface area contributed by atoms with Gasteiger partial charge in [0.05, 0.1) is 0 Å². The average molecular weight is 754 g/mol.